The molecule has 0 aromatic heterocycles. The van der Waals surface area contributed by atoms with Crippen LogP contribution in [0.3, 0.4) is 0 Å². The molecule has 0 saturated heterocycles. The molecule has 0 aliphatic carbocycles. The van der Waals surface area contributed by atoms with Gasteiger partial charge in [-0.25, -0.2) is 0 Å². The Morgan fingerprint density at radius 3 is 1.47 bits per heavy atom. The summed E-state index contributed by atoms with van der Waals surface area (Å²) in [6, 6.07) is 9.99. The predicted octanol–water partition coefficient (Wildman–Crippen LogP) is 4.68. The zero-order valence-electron chi connectivity index (χ0n) is 17.9. The lowest BCUT2D eigenvalue weighted by Crippen LogP contribution is -2.35. The maximum Gasteiger partial charge on any atom is 0.296 e. The summed E-state index contributed by atoms with van der Waals surface area (Å²) in [6.45, 7) is 4.39. The van der Waals surface area contributed by atoms with Crippen molar-refractivity contribution in [3.05, 3.63) is 36.4 Å². The first kappa shape index (κ1) is 24.9. The normalized spacial score (nSPS) is 20.5. The molecule has 2 aliphatic rings. The molecule has 0 saturated carbocycles. The van der Waals surface area contributed by atoms with E-state index in [0.717, 1.165) is 23.5 Å². The molecule has 182 valence electrons. The number of rotatable bonds is 7. The first-order chi connectivity index (χ1) is 16.0. The van der Waals surface area contributed by atoms with Crippen LogP contribution in [0.25, 0.3) is 0 Å². The van der Waals surface area contributed by atoms with E-state index in [1.54, 1.807) is 60.0 Å². The second-order valence-electron chi connectivity index (χ2n) is 7.13. The summed E-state index contributed by atoms with van der Waals surface area (Å²) in [5.41, 5.74) is 2.21. The molecule has 0 amide bonds. The molecule has 2 N–H and O–H groups in total. The van der Waals surface area contributed by atoms with Crippen LogP contribution in [-0.2, 0) is 20.2 Å². The van der Waals surface area contributed by atoms with Crippen LogP contribution in [0.15, 0.2) is 66.9 Å². The SMILES string of the molecule is CCN1c2ccc(N=NN=Nc3ccc4c(c3)SC(S(=O)(=O)O)N4CC)cc2SC1S(=O)(=O)O. The number of thioether (sulfide) groups is 2. The van der Waals surface area contributed by atoms with E-state index in [1.807, 2.05) is 0 Å². The number of fused-ring (bicyclic) bond motifs is 2. The van der Waals surface area contributed by atoms with Gasteiger partial charge in [0.15, 0.2) is 0 Å². The van der Waals surface area contributed by atoms with Gasteiger partial charge in [-0.2, -0.15) is 16.8 Å². The monoisotopic (exact) mass is 544 g/mol. The maximum absolute atomic E-state index is 11.7. The van der Waals surface area contributed by atoms with E-state index < -0.39 is 29.6 Å². The Morgan fingerprint density at radius 2 is 1.15 bits per heavy atom. The van der Waals surface area contributed by atoms with E-state index in [0.29, 0.717) is 45.6 Å². The molecule has 0 bridgehead atoms. The highest BCUT2D eigenvalue weighted by Gasteiger charge is 2.39. The Balaban J connectivity index is 1.48. The van der Waals surface area contributed by atoms with E-state index in [-0.39, 0.29) is 0 Å². The molecule has 34 heavy (non-hydrogen) atoms. The van der Waals surface area contributed by atoms with Crippen molar-refractivity contribution < 1.29 is 25.9 Å². The third-order valence-corrected chi connectivity index (χ3v) is 10.7. The van der Waals surface area contributed by atoms with Crippen LogP contribution in [0.4, 0.5) is 22.7 Å². The molecule has 2 unspecified atom stereocenters. The first-order valence-electron chi connectivity index (χ1n) is 9.92. The molecular formula is C18H20N6O6S4. The minimum absolute atomic E-state index is 0.402. The topological polar surface area (TPSA) is 165 Å². The van der Waals surface area contributed by atoms with Crippen molar-refractivity contribution in [3.8, 4) is 0 Å². The van der Waals surface area contributed by atoms with Crippen molar-refractivity contribution in [2.75, 3.05) is 22.9 Å². The van der Waals surface area contributed by atoms with E-state index in [2.05, 4.69) is 20.7 Å². The van der Waals surface area contributed by atoms with Gasteiger partial charge in [0.25, 0.3) is 20.2 Å². The smallest absolute Gasteiger partial charge is 0.296 e. The quantitative estimate of drug-likeness (QED) is 0.284. The largest absolute Gasteiger partial charge is 0.344 e. The first-order valence-corrected chi connectivity index (χ1v) is 14.7. The van der Waals surface area contributed by atoms with Crippen LogP contribution in [0.1, 0.15) is 13.8 Å². The van der Waals surface area contributed by atoms with Gasteiger partial charge in [0.05, 0.1) is 22.7 Å². The summed E-state index contributed by atoms with van der Waals surface area (Å²) in [5, 5.41) is 15.3. The van der Waals surface area contributed by atoms with E-state index >= 15 is 0 Å². The second kappa shape index (κ2) is 9.43. The van der Waals surface area contributed by atoms with Gasteiger partial charge in [-0.05, 0) is 60.7 Å². The molecule has 2 aromatic rings. The highest BCUT2D eigenvalue weighted by Crippen LogP contribution is 2.47. The maximum atomic E-state index is 11.7. The summed E-state index contributed by atoms with van der Waals surface area (Å²) in [6.07, 6.45) is 0. The number of anilines is 2. The molecule has 0 spiro atoms. The van der Waals surface area contributed by atoms with Crippen molar-refractivity contribution >= 4 is 66.5 Å². The Bertz CT molecular complexity index is 1280. The van der Waals surface area contributed by atoms with E-state index in [9.17, 15) is 25.9 Å². The lowest BCUT2D eigenvalue weighted by atomic mass is 10.2. The predicted molar refractivity (Wildman–Crippen MR) is 130 cm³/mol. The van der Waals surface area contributed by atoms with Gasteiger partial charge in [-0.15, -0.1) is 10.2 Å². The summed E-state index contributed by atoms with van der Waals surface area (Å²) in [4.78, 5) is 4.44. The third kappa shape index (κ3) is 4.92. The summed E-state index contributed by atoms with van der Waals surface area (Å²) in [5.74, 6) is 0. The highest BCUT2D eigenvalue weighted by atomic mass is 32.3. The Morgan fingerprint density at radius 1 is 0.765 bits per heavy atom. The van der Waals surface area contributed by atoms with E-state index in [1.165, 1.54) is 0 Å². The molecule has 2 aromatic carbocycles. The minimum Gasteiger partial charge on any atom is -0.344 e. The zero-order valence-corrected chi connectivity index (χ0v) is 21.1. The number of hydrogen-bond acceptors (Lipinski definition) is 10. The molecule has 2 heterocycles. The van der Waals surface area contributed by atoms with Crippen molar-refractivity contribution in [1.29, 1.82) is 0 Å². The van der Waals surface area contributed by atoms with Gasteiger partial charge < -0.3 is 9.80 Å². The van der Waals surface area contributed by atoms with Crippen molar-refractivity contribution in [1.82, 2.24) is 0 Å². The molecule has 4 rings (SSSR count). The van der Waals surface area contributed by atoms with Crippen molar-refractivity contribution in [2.45, 2.75) is 33.1 Å². The summed E-state index contributed by atoms with van der Waals surface area (Å²) < 4.78 is 63.3. The standard InChI is InChI=1S/C18H20N6O6S4/c1-3-23-13-7-5-11(9-15(13)31-17(23)33(25,26)27)19-21-22-20-12-6-8-14-16(10-12)32-18(24(14)4-2)34(28,29)30/h5-10,17-18H,3-4H2,1-2H3,(H,25,26,27)(H,28,29,30). The summed E-state index contributed by atoms with van der Waals surface area (Å²) in [7, 11) is -8.54. The van der Waals surface area contributed by atoms with Crippen molar-refractivity contribution in [2.24, 2.45) is 20.7 Å². The van der Waals surface area contributed by atoms with Crippen LogP contribution in [0.5, 0.6) is 0 Å². The van der Waals surface area contributed by atoms with E-state index in [4.69, 9.17) is 0 Å². The highest BCUT2D eigenvalue weighted by molar-refractivity contribution is 8.12. The average molecular weight is 545 g/mol. The molecule has 0 fully saturated rings. The zero-order chi connectivity index (χ0) is 24.7. The molecule has 0 radical (unpaired) electrons. The Hall–Kier alpha value is -2.24. The van der Waals surface area contributed by atoms with Gasteiger partial charge in [0.2, 0.25) is 9.41 Å². The number of nitrogens with zero attached hydrogens (tertiary/aromatic N) is 6. The number of benzene rings is 2. The Kier molecular flexibility index (Phi) is 6.90. The molecule has 2 atom stereocenters. The van der Waals surface area contributed by atoms with Crippen LogP contribution in [-0.4, -0.2) is 48.4 Å². The lowest BCUT2D eigenvalue weighted by molar-refractivity contribution is 0.476. The lowest BCUT2D eigenvalue weighted by Gasteiger charge is -2.22. The van der Waals surface area contributed by atoms with Crippen LogP contribution < -0.4 is 9.80 Å². The van der Waals surface area contributed by atoms with Crippen LogP contribution in [0, 0.1) is 0 Å². The number of hydrogen-bond donors (Lipinski definition) is 2. The minimum atomic E-state index is -4.27. The van der Waals surface area contributed by atoms with Gasteiger partial charge in [-0.3, -0.25) is 9.11 Å². The fraction of sp³-hybridized carbons (Fsp3) is 0.333. The van der Waals surface area contributed by atoms with Crippen molar-refractivity contribution in [3.63, 3.8) is 0 Å². The third-order valence-electron chi connectivity index (χ3n) is 5.02. The fourth-order valence-corrected chi connectivity index (χ4v) is 8.56. The van der Waals surface area contributed by atoms with Gasteiger partial charge in [0, 0.05) is 22.9 Å². The van der Waals surface area contributed by atoms with Gasteiger partial charge in [0.1, 0.15) is 0 Å². The van der Waals surface area contributed by atoms with Gasteiger partial charge in [-0.1, -0.05) is 23.5 Å². The van der Waals surface area contributed by atoms with Crippen LogP contribution in [0.2, 0.25) is 0 Å². The molecule has 16 heteroatoms. The molecule has 2 aliphatic heterocycles. The molecular weight excluding hydrogens is 525 g/mol. The fourth-order valence-electron chi connectivity index (χ4n) is 3.59. The summed E-state index contributed by atoms with van der Waals surface area (Å²) >= 11 is 2.01. The average Bonchev–Trinajstić information content (AvgIpc) is 3.34. The second-order valence-corrected chi connectivity index (χ2v) is 12.9. The Labute approximate surface area is 205 Å². The molecule has 12 nitrogen and oxygen atoms in total. The van der Waals surface area contributed by atoms with Crippen LogP contribution >= 0.6 is 23.5 Å². The van der Waals surface area contributed by atoms with Gasteiger partial charge >= 0.3 is 0 Å².